The second-order valence-corrected chi connectivity index (χ2v) is 4.82. The first-order chi connectivity index (χ1) is 8.45. The molecule has 0 aliphatic carbocycles. The zero-order valence-electron chi connectivity index (χ0n) is 10.1. The molecule has 0 bridgehead atoms. The van der Waals surface area contributed by atoms with E-state index < -0.39 is 0 Å². The van der Waals surface area contributed by atoms with Crippen LogP contribution in [-0.4, -0.2) is 25.4 Å². The van der Waals surface area contributed by atoms with Gasteiger partial charge in [0.2, 0.25) is 0 Å². The summed E-state index contributed by atoms with van der Waals surface area (Å²) in [5, 5.41) is 0. The summed E-state index contributed by atoms with van der Waals surface area (Å²) in [6, 6.07) is 10.6. The Morgan fingerprint density at radius 1 is 0.882 bits per heavy atom. The van der Waals surface area contributed by atoms with Crippen LogP contribution in [0, 0.1) is 5.92 Å². The Balaban J connectivity index is 1.84. The third-order valence-electron chi connectivity index (χ3n) is 3.66. The highest BCUT2D eigenvalue weighted by Gasteiger charge is 2.36. The van der Waals surface area contributed by atoms with Crippen molar-refractivity contribution in [2.24, 2.45) is 0 Å². The highest BCUT2D eigenvalue weighted by Crippen LogP contribution is 2.35. The van der Waals surface area contributed by atoms with Crippen molar-refractivity contribution in [3.63, 3.8) is 0 Å². The fourth-order valence-corrected chi connectivity index (χ4v) is 2.86. The number of benzene rings is 1. The fourth-order valence-electron chi connectivity index (χ4n) is 2.86. The van der Waals surface area contributed by atoms with E-state index in [0.29, 0.717) is 0 Å². The molecule has 0 saturated carbocycles. The van der Waals surface area contributed by atoms with Gasteiger partial charge in [-0.15, -0.1) is 0 Å². The molecule has 91 valence electrons. The predicted molar refractivity (Wildman–Crippen MR) is 66.7 cm³/mol. The van der Waals surface area contributed by atoms with E-state index in [1.54, 1.807) is 0 Å². The van der Waals surface area contributed by atoms with Crippen molar-refractivity contribution in [2.45, 2.75) is 37.9 Å². The summed E-state index contributed by atoms with van der Waals surface area (Å²) in [4.78, 5) is 0. The Bertz CT molecular complexity index is 321. The summed E-state index contributed by atoms with van der Waals surface area (Å²) in [6.07, 6.45) is 5.19. The van der Waals surface area contributed by atoms with Gasteiger partial charge in [0.1, 0.15) is 0 Å². The van der Waals surface area contributed by atoms with Crippen molar-refractivity contribution in [1.82, 2.24) is 0 Å². The van der Waals surface area contributed by atoms with Crippen LogP contribution in [0.15, 0.2) is 30.3 Å². The molecule has 2 atom stereocenters. The minimum Gasteiger partial charge on any atom is -0.377 e. The maximum absolute atomic E-state index is 5.86. The summed E-state index contributed by atoms with van der Waals surface area (Å²) >= 11 is 0. The molecule has 2 heteroatoms. The Hall–Kier alpha value is -0.860. The molecule has 2 unspecified atom stereocenters. The minimum absolute atomic E-state index is 0.278. The van der Waals surface area contributed by atoms with Crippen LogP contribution in [0.3, 0.4) is 0 Å². The van der Waals surface area contributed by atoms with E-state index in [-0.39, 0.29) is 12.2 Å². The van der Waals surface area contributed by atoms with Crippen molar-refractivity contribution in [1.29, 1.82) is 0 Å². The zero-order valence-corrected chi connectivity index (χ0v) is 10.1. The first kappa shape index (κ1) is 11.2. The first-order valence-corrected chi connectivity index (χ1v) is 6.60. The Labute approximate surface area is 103 Å². The molecule has 0 aromatic heterocycles. The molecule has 2 aliphatic rings. The highest BCUT2D eigenvalue weighted by molar-refractivity contribution is 5.35. The molecule has 0 spiro atoms. The van der Waals surface area contributed by atoms with Crippen molar-refractivity contribution < 1.29 is 9.47 Å². The van der Waals surface area contributed by atoms with E-state index in [4.69, 9.17) is 9.47 Å². The van der Waals surface area contributed by atoms with Crippen LogP contribution in [0.1, 0.15) is 31.2 Å². The summed E-state index contributed by atoms with van der Waals surface area (Å²) in [5.74, 6) is 1.38. The van der Waals surface area contributed by atoms with Gasteiger partial charge in [0.05, 0.1) is 18.1 Å². The van der Waals surface area contributed by atoms with Gasteiger partial charge in [-0.3, -0.25) is 0 Å². The number of hydrogen-bond acceptors (Lipinski definition) is 2. The lowest BCUT2D eigenvalue weighted by atomic mass is 9.86. The van der Waals surface area contributed by atoms with Crippen molar-refractivity contribution in [2.75, 3.05) is 13.2 Å². The predicted octanol–water partition coefficient (Wildman–Crippen LogP) is 2.97. The Morgan fingerprint density at radius 3 is 1.94 bits per heavy atom. The third kappa shape index (κ3) is 2.38. The standard InChI is InChI=1S/C15H19O2/c1-2-6-12(7-3-1)15(13-8-4-10-16-13)14-9-5-11-17-14/h1-3,6-7,13-14H,4-5,8-11H2. The summed E-state index contributed by atoms with van der Waals surface area (Å²) in [5.41, 5.74) is 1.30. The molecule has 0 N–H and O–H groups in total. The van der Waals surface area contributed by atoms with Crippen LogP contribution < -0.4 is 0 Å². The molecule has 2 heterocycles. The van der Waals surface area contributed by atoms with Crippen molar-refractivity contribution >= 4 is 0 Å². The molecule has 2 aliphatic heterocycles. The monoisotopic (exact) mass is 231 g/mol. The van der Waals surface area contributed by atoms with Crippen LogP contribution >= 0.6 is 0 Å². The lowest BCUT2D eigenvalue weighted by Crippen LogP contribution is -2.30. The first-order valence-electron chi connectivity index (χ1n) is 6.60. The zero-order chi connectivity index (χ0) is 11.5. The average Bonchev–Trinajstić information content (AvgIpc) is 3.04. The fraction of sp³-hybridized carbons (Fsp3) is 0.533. The number of ether oxygens (including phenoxy) is 2. The van der Waals surface area contributed by atoms with Crippen LogP contribution in [0.5, 0.6) is 0 Å². The van der Waals surface area contributed by atoms with Crippen molar-refractivity contribution in [3.05, 3.63) is 41.8 Å². The highest BCUT2D eigenvalue weighted by atomic mass is 16.5. The number of rotatable bonds is 3. The van der Waals surface area contributed by atoms with Gasteiger partial charge < -0.3 is 9.47 Å². The van der Waals surface area contributed by atoms with Gasteiger partial charge in [-0.05, 0) is 31.2 Å². The molecular weight excluding hydrogens is 212 g/mol. The van der Waals surface area contributed by atoms with Gasteiger partial charge >= 0.3 is 0 Å². The van der Waals surface area contributed by atoms with Crippen LogP contribution in [-0.2, 0) is 9.47 Å². The Morgan fingerprint density at radius 2 is 1.47 bits per heavy atom. The van der Waals surface area contributed by atoms with Gasteiger partial charge in [0, 0.05) is 13.2 Å². The Kier molecular flexibility index (Phi) is 3.44. The molecule has 0 amide bonds. The molecule has 2 saturated heterocycles. The molecule has 2 nitrogen and oxygen atoms in total. The van der Waals surface area contributed by atoms with E-state index in [9.17, 15) is 0 Å². The summed E-state index contributed by atoms with van der Waals surface area (Å²) in [7, 11) is 0. The van der Waals surface area contributed by atoms with E-state index in [2.05, 4.69) is 30.3 Å². The molecule has 17 heavy (non-hydrogen) atoms. The van der Waals surface area contributed by atoms with Gasteiger partial charge in [-0.25, -0.2) is 0 Å². The van der Waals surface area contributed by atoms with Crippen LogP contribution in [0.4, 0.5) is 0 Å². The maximum atomic E-state index is 5.86. The molecule has 3 rings (SSSR count). The van der Waals surface area contributed by atoms with E-state index in [0.717, 1.165) is 26.1 Å². The smallest absolute Gasteiger partial charge is 0.0708 e. The molecular formula is C15H19O2. The molecule has 1 aromatic carbocycles. The maximum Gasteiger partial charge on any atom is 0.0708 e. The normalized spacial score (nSPS) is 29.0. The largest absolute Gasteiger partial charge is 0.377 e. The van der Waals surface area contributed by atoms with Gasteiger partial charge in [0.25, 0.3) is 0 Å². The van der Waals surface area contributed by atoms with E-state index >= 15 is 0 Å². The lowest BCUT2D eigenvalue weighted by molar-refractivity contribution is 0.0639. The SMILES string of the molecule is c1ccc([C](C2CCCO2)C2CCCO2)cc1. The lowest BCUT2D eigenvalue weighted by Gasteiger charge is -2.27. The molecule has 1 radical (unpaired) electrons. The quantitative estimate of drug-likeness (QED) is 0.796. The second-order valence-electron chi connectivity index (χ2n) is 4.82. The van der Waals surface area contributed by atoms with Crippen LogP contribution in [0.25, 0.3) is 0 Å². The topological polar surface area (TPSA) is 18.5 Å². The van der Waals surface area contributed by atoms with E-state index in [1.807, 2.05) is 0 Å². The van der Waals surface area contributed by atoms with Crippen LogP contribution in [0.2, 0.25) is 0 Å². The van der Waals surface area contributed by atoms with Crippen molar-refractivity contribution in [3.8, 4) is 0 Å². The molecule has 1 aromatic rings. The van der Waals surface area contributed by atoms with Gasteiger partial charge in [0.15, 0.2) is 0 Å². The van der Waals surface area contributed by atoms with E-state index in [1.165, 1.54) is 24.3 Å². The molecule has 2 fully saturated rings. The minimum atomic E-state index is 0.278. The summed E-state index contributed by atoms with van der Waals surface area (Å²) in [6.45, 7) is 1.79. The third-order valence-corrected chi connectivity index (χ3v) is 3.66. The average molecular weight is 231 g/mol. The summed E-state index contributed by atoms with van der Waals surface area (Å²) < 4.78 is 11.7. The van der Waals surface area contributed by atoms with Gasteiger partial charge in [-0.2, -0.15) is 0 Å². The van der Waals surface area contributed by atoms with Gasteiger partial charge in [-0.1, -0.05) is 30.3 Å². The number of hydrogen-bond donors (Lipinski definition) is 0. The second kappa shape index (κ2) is 5.19.